The van der Waals surface area contributed by atoms with Gasteiger partial charge in [-0.15, -0.1) is 17.9 Å². The van der Waals surface area contributed by atoms with E-state index >= 15 is 0 Å². The van der Waals surface area contributed by atoms with Gasteiger partial charge in [0.25, 0.3) is 5.91 Å². The second-order valence-electron chi connectivity index (χ2n) is 6.77. The molecule has 154 valence electrons. The summed E-state index contributed by atoms with van der Waals surface area (Å²) in [6, 6.07) is 20.7. The van der Waals surface area contributed by atoms with Crippen LogP contribution in [0.3, 0.4) is 0 Å². The maximum Gasteiger partial charge on any atom is 0.256 e. The Morgan fingerprint density at radius 1 is 0.933 bits per heavy atom. The lowest BCUT2D eigenvalue weighted by Gasteiger charge is -2.27. The molecule has 0 atom stereocenters. The first-order valence-corrected chi connectivity index (χ1v) is 10.8. The average molecular weight is 439 g/mol. The van der Waals surface area contributed by atoms with Crippen molar-refractivity contribution in [2.75, 3.05) is 13.1 Å². The van der Waals surface area contributed by atoms with Gasteiger partial charge in [0.15, 0.2) is 0 Å². The number of hydrogen-bond acceptors (Lipinski definition) is 3. The molecule has 30 heavy (non-hydrogen) atoms. The normalized spacial score (nSPS) is 10.4. The zero-order valence-electron chi connectivity index (χ0n) is 16.5. The highest BCUT2D eigenvalue weighted by Gasteiger charge is 2.23. The third-order valence-electron chi connectivity index (χ3n) is 4.56. The van der Waals surface area contributed by atoms with Crippen LogP contribution in [0.1, 0.15) is 20.8 Å². The monoisotopic (exact) mass is 438 g/mol. The Kier molecular flexibility index (Phi) is 7.82. The fourth-order valence-electron chi connectivity index (χ4n) is 3.07. The van der Waals surface area contributed by atoms with Gasteiger partial charge in [0.1, 0.15) is 6.54 Å². The van der Waals surface area contributed by atoms with Crippen molar-refractivity contribution < 1.29 is 9.59 Å². The maximum absolute atomic E-state index is 13.2. The maximum atomic E-state index is 13.2. The van der Waals surface area contributed by atoms with Crippen molar-refractivity contribution in [2.24, 2.45) is 0 Å². The molecule has 3 rings (SSSR count). The molecule has 0 radical (unpaired) electrons. The predicted molar refractivity (Wildman–Crippen MR) is 123 cm³/mol. The van der Waals surface area contributed by atoms with Crippen LogP contribution >= 0.6 is 22.9 Å². The van der Waals surface area contributed by atoms with Crippen LogP contribution in [0.5, 0.6) is 0 Å². The van der Waals surface area contributed by atoms with Crippen molar-refractivity contribution in [3.63, 3.8) is 0 Å². The first-order chi connectivity index (χ1) is 14.6. The summed E-state index contributed by atoms with van der Waals surface area (Å²) in [5.41, 5.74) is 1.41. The first-order valence-electron chi connectivity index (χ1n) is 9.57. The molecule has 1 heterocycles. The average Bonchev–Trinajstić information content (AvgIpc) is 3.27. The molecule has 2 amide bonds. The van der Waals surface area contributed by atoms with E-state index in [0.29, 0.717) is 23.7 Å². The van der Waals surface area contributed by atoms with Gasteiger partial charge >= 0.3 is 0 Å². The summed E-state index contributed by atoms with van der Waals surface area (Å²) in [5, 5.41) is 2.36. The van der Waals surface area contributed by atoms with E-state index in [4.69, 9.17) is 11.6 Å². The van der Waals surface area contributed by atoms with E-state index in [-0.39, 0.29) is 24.9 Å². The molecular formula is C24H23ClN2O2S. The molecule has 1 aromatic heterocycles. The number of rotatable bonds is 9. The molecule has 0 unspecified atom stereocenters. The Labute approximate surface area is 186 Å². The van der Waals surface area contributed by atoms with E-state index in [9.17, 15) is 9.59 Å². The Morgan fingerprint density at radius 3 is 2.33 bits per heavy atom. The summed E-state index contributed by atoms with van der Waals surface area (Å²) in [6.07, 6.45) is 1.61. The Balaban J connectivity index is 1.79. The molecule has 0 aliphatic carbocycles. The highest BCUT2D eigenvalue weighted by molar-refractivity contribution is 7.09. The minimum atomic E-state index is -0.287. The number of amides is 2. The number of carbonyl (C=O) groups excluding carboxylic acids is 2. The molecule has 0 N–H and O–H groups in total. The fourth-order valence-corrected chi connectivity index (χ4v) is 4.01. The molecule has 0 aliphatic rings. The number of nitrogens with zero attached hydrogens (tertiary/aromatic N) is 2. The summed E-state index contributed by atoms with van der Waals surface area (Å²) in [4.78, 5) is 30.6. The van der Waals surface area contributed by atoms with Gasteiger partial charge < -0.3 is 9.80 Å². The predicted octanol–water partition coefficient (Wildman–Crippen LogP) is 5.26. The van der Waals surface area contributed by atoms with Crippen LogP contribution in [0, 0.1) is 0 Å². The van der Waals surface area contributed by atoms with Gasteiger partial charge in [-0.2, -0.15) is 0 Å². The number of halogens is 1. The molecule has 0 aliphatic heterocycles. The van der Waals surface area contributed by atoms with Crippen molar-refractivity contribution in [1.82, 2.24) is 9.80 Å². The zero-order chi connectivity index (χ0) is 21.3. The molecule has 0 saturated carbocycles. The molecule has 2 aromatic carbocycles. The molecule has 0 spiro atoms. The molecule has 4 nitrogen and oxygen atoms in total. The van der Waals surface area contributed by atoms with Crippen LogP contribution in [0.25, 0.3) is 0 Å². The number of hydrogen-bond donors (Lipinski definition) is 0. The van der Waals surface area contributed by atoms with Crippen LogP contribution < -0.4 is 0 Å². The van der Waals surface area contributed by atoms with E-state index in [1.54, 1.807) is 46.6 Å². The Bertz CT molecular complexity index is 989. The molecule has 0 bridgehead atoms. The van der Waals surface area contributed by atoms with Crippen molar-refractivity contribution in [3.8, 4) is 0 Å². The van der Waals surface area contributed by atoms with E-state index in [1.165, 1.54) is 4.90 Å². The quantitative estimate of drug-likeness (QED) is 0.427. The second-order valence-corrected chi connectivity index (χ2v) is 8.21. The summed E-state index contributed by atoms with van der Waals surface area (Å²) < 4.78 is 0. The third kappa shape index (κ3) is 5.81. The van der Waals surface area contributed by atoms with Crippen LogP contribution in [-0.2, 0) is 17.9 Å². The van der Waals surface area contributed by atoms with E-state index in [1.807, 2.05) is 47.8 Å². The summed E-state index contributed by atoms with van der Waals surface area (Å²) >= 11 is 7.80. The fraction of sp³-hybridized carbons (Fsp3) is 0.167. The lowest BCUT2D eigenvalue weighted by atomic mass is 10.2. The zero-order valence-corrected chi connectivity index (χ0v) is 18.1. The Hall–Kier alpha value is -2.89. The molecule has 6 heteroatoms. The highest BCUT2D eigenvalue weighted by atomic mass is 35.5. The second kappa shape index (κ2) is 10.8. The van der Waals surface area contributed by atoms with Crippen molar-refractivity contribution in [3.05, 3.63) is 106 Å². The summed E-state index contributed by atoms with van der Waals surface area (Å²) in [6.45, 7) is 4.91. The topological polar surface area (TPSA) is 40.6 Å². The van der Waals surface area contributed by atoms with E-state index in [2.05, 4.69) is 6.58 Å². The smallest absolute Gasteiger partial charge is 0.256 e. The van der Waals surface area contributed by atoms with Crippen LogP contribution in [0.4, 0.5) is 0 Å². The highest BCUT2D eigenvalue weighted by Crippen LogP contribution is 2.19. The van der Waals surface area contributed by atoms with Gasteiger partial charge in [-0.3, -0.25) is 9.59 Å². The van der Waals surface area contributed by atoms with Gasteiger partial charge in [0.2, 0.25) is 5.91 Å². The van der Waals surface area contributed by atoms with Gasteiger partial charge in [0, 0.05) is 18.0 Å². The van der Waals surface area contributed by atoms with E-state index in [0.717, 1.165) is 10.4 Å². The van der Waals surface area contributed by atoms with Gasteiger partial charge in [-0.1, -0.05) is 66.2 Å². The third-order valence-corrected chi connectivity index (χ3v) is 5.75. The number of carbonyl (C=O) groups is 2. The lowest BCUT2D eigenvalue weighted by molar-refractivity contribution is -0.133. The standard InChI is InChI=1S/C24H23ClN2O2S/c1-2-14-26(24(29)21-12-6-7-13-22(21)25)18-23(28)27(17-20-11-8-15-30-20)16-19-9-4-3-5-10-19/h2-13,15H,1,14,16-18H2. The summed E-state index contributed by atoms with van der Waals surface area (Å²) in [7, 11) is 0. The first kappa shape index (κ1) is 21.8. The van der Waals surface area contributed by atoms with E-state index < -0.39 is 0 Å². The minimum Gasteiger partial charge on any atom is -0.332 e. The lowest BCUT2D eigenvalue weighted by Crippen LogP contribution is -2.42. The van der Waals surface area contributed by atoms with Gasteiger partial charge in [-0.05, 0) is 29.1 Å². The van der Waals surface area contributed by atoms with Crippen LogP contribution in [0.15, 0.2) is 84.8 Å². The van der Waals surface area contributed by atoms with Gasteiger partial charge in [0.05, 0.1) is 17.1 Å². The SMILES string of the molecule is C=CCN(CC(=O)N(Cc1ccccc1)Cc1cccs1)C(=O)c1ccccc1Cl. The molecular weight excluding hydrogens is 416 g/mol. The Morgan fingerprint density at radius 2 is 1.67 bits per heavy atom. The van der Waals surface area contributed by atoms with Crippen molar-refractivity contribution in [2.45, 2.75) is 13.1 Å². The molecule has 0 fully saturated rings. The van der Waals surface area contributed by atoms with Crippen molar-refractivity contribution >= 4 is 34.8 Å². The van der Waals surface area contributed by atoms with Crippen LogP contribution in [0.2, 0.25) is 5.02 Å². The van der Waals surface area contributed by atoms with Crippen LogP contribution in [-0.4, -0.2) is 34.7 Å². The number of benzene rings is 2. The minimum absolute atomic E-state index is 0.0473. The van der Waals surface area contributed by atoms with Gasteiger partial charge in [-0.25, -0.2) is 0 Å². The summed E-state index contributed by atoms with van der Waals surface area (Å²) in [5.74, 6) is -0.417. The number of thiophene rings is 1. The molecule has 3 aromatic rings. The largest absolute Gasteiger partial charge is 0.332 e. The molecule has 0 saturated heterocycles. The van der Waals surface area contributed by atoms with Crippen molar-refractivity contribution in [1.29, 1.82) is 0 Å².